The second-order valence-electron chi connectivity index (χ2n) is 4.61. The second kappa shape index (κ2) is 6.52. The predicted octanol–water partition coefficient (Wildman–Crippen LogP) is 3.08. The number of hydrogen-bond acceptors (Lipinski definition) is 4. The van der Waals surface area contributed by atoms with Crippen molar-refractivity contribution in [2.45, 2.75) is 19.8 Å². The molecule has 0 aliphatic heterocycles. The first-order valence-corrected chi connectivity index (χ1v) is 7.46. The third-order valence-electron chi connectivity index (χ3n) is 3.14. The van der Waals surface area contributed by atoms with E-state index in [2.05, 4.69) is 16.4 Å². The van der Waals surface area contributed by atoms with Crippen LogP contribution >= 0.6 is 11.3 Å². The van der Waals surface area contributed by atoms with Gasteiger partial charge in [0.05, 0.1) is 5.56 Å². The fourth-order valence-electron chi connectivity index (χ4n) is 1.92. The molecule has 0 aromatic carbocycles. The van der Waals surface area contributed by atoms with Crippen molar-refractivity contribution in [3.05, 3.63) is 45.8 Å². The lowest BCUT2D eigenvalue weighted by atomic mass is 10.2. The Morgan fingerprint density at radius 3 is 2.85 bits per heavy atom. The highest BCUT2D eigenvalue weighted by atomic mass is 32.1. The highest BCUT2D eigenvalue weighted by molar-refractivity contribution is 7.09. The van der Waals surface area contributed by atoms with Crippen molar-refractivity contribution in [2.75, 3.05) is 18.5 Å². The molecule has 0 amide bonds. The molecular formula is C15H18N2O2S. The normalized spacial score (nSPS) is 10.5. The van der Waals surface area contributed by atoms with Crippen LogP contribution in [-0.2, 0) is 12.8 Å². The zero-order valence-corrected chi connectivity index (χ0v) is 12.5. The topological polar surface area (TPSA) is 53.4 Å². The van der Waals surface area contributed by atoms with Crippen molar-refractivity contribution in [1.29, 1.82) is 0 Å². The number of pyridine rings is 1. The van der Waals surface area contributed by atoms with Crippen LogP contribution in [0.5, 0.6) is 0 Å². The Bertz CT molecular complexity index is 582. The summed E-state index contributed by atoms with van der Waals surface area (Å²) in [5, 5.41) is 11.2. The highest BCUT2D eigenvalue weighted by Gasteiger charge is 2.11. The zero-order valence-electron chi connectivity index (χ0n) is 11.7. The van der Waals surface area contributed by atoms with Gasteiger partial charge in [0.1, 0.15) is 5.82 Å². The average Bonchev–Trinajstić information content (AvgIpc) is 2.97. The van der Waals surface area contributed by atoms with Crippen molar-refractivity contribution in [1.82, 2.24) is 4.98 Å². The van der Waals surface area contributed by atoms with Crippen LogP contribution in [0.25, 0.3) is 0 Å². The molecule has 20 heavy (non-hydrogen) atoms. The molecule has 0 aliphatic carbocycles. The van der Waals surface area contributed by atoms with E-state index in [0.717, 1.165) is 30.9 Å². The summed E-state index contributed by atoms with van der Waals surface area (Å²) in [7, 11) is 1.95. The fraction of sp³-hybridized carbons (Fsp3) is 0.333. The molecule has 0 saturated heterocycles. The summed E-state index contributed by atoms with van der Waals surface area (Å²) in [4.78, 5) is 19.0. The van der Waals surface area contributed by atoms with Crippen LogP contribution in [0.3, 0.4) is 0 Å². The van der Waals surface area contributed by atoms with Crippen LogP contribution in [0.4, 0.5) is 5.82 Å². The third-order valence-corrected chi connectivity index (χ3v) is 4.08. The number of carboxylic acid groups (broad SMARTS) is 1. The molecule has 0 atom stereocenters. The quantitative estimate of drug-likeness (QED) is 0.888. The minimum Gasteiger partial charge on any atom is -0.478 e. The van der Waals surface area contributed by atoms with Crippen LogP contribution in [0, 0.1) is 0 Å². The molecule has 0 saturated carbocycles. The Morgan fingerprint density at radius 2 is 2.25 bits per heavy atom. The van der Waals surface area contributed by atoms with Gasteiger partial charge in [-0.2, -0.15) is 0 Å². The van der Waals surface area contributed by atoms with Gasteiger partial charge in [-0.05, 0) is 36.4 Å². The zero-order chi connectivity index (χ0) is 14.5. The van der Waals surface area contributed by atoms with E-state index in [1.807, 2.05) is 24.9 Å². The molecule has 0 radical (unpaired) electrons. The summed E-state index contributed by atoms with van der Waals surface area (Å²) in [6.45, 7) is 2.79. The lowest BCUT2D eigenvalue weighted by Gasteiger charge is -2.19. The molecular weight excluding hydrogens is 272 g/mol. The largest absolute Gasteiger partial charge is 0.478 e. The van der Waals surface area contributed by atoms with E-state index in [1.165, 1.54) is 4.88 Å². The number of carboxylic acids is 1. The molecule has 2 aromatic heterocycles. The molecule has 2 heterocycles. The molecule has 4 nitrogen and oxygen atoms in total. The third kappa shape index (κ3) is 3.57. The molecule has 0 unspecified atom stereocenters. The number of aryl methyl sites for hydroxylation is 1. The maximum Gasteiger partial charge on any atom is 0.335 e. The number of carbonyl (C=O) groups is 1. The molecule has 5 heteroatoms. The molecule has 1 N–H and O–H groups in total. The Hall–Kier alpha value is -1.88. The van der Waals surface area contributed by atoms with Gasteiger partial charge in [-0.1, -0.05) is 13.0 Å². The molecule has 0 aliphatic rings. The SMILES string of the molecule is CCc1cc(C(=O)O)cc(N(C)CCc2cccs2)n1. The van der Waals surface area contributed by atoms with E-state index in [-0.39, 0.29) is 0 Å². The lowest BCUT2D eigenvalue weighted by molar-refractivity contribution is 0.0696. The maximum atomic E-state index is 11.1. The number of likely N-dealkylation sites (N-methyl/N-ethyl adjacent to an activating group) is 1. The first-order chi connectivity index (χ1) is 9.60. The second-order valence-corrected chi connectivity index (χ2v) is 5.65. The highest BCUT2D eigenvalue weighted by Crippen LogP contribution is 2.16. The summed E-state index contributed by atoms with van der Waals surface area (Å²) in [5.74, 6) is -0.187. The Morgan fingerprint density at radius 1 is 1.45 bits per heavy atom. The van der Waals surface area contributed by atoms with Crippen molar-refractivity contribution in [3.63, 3.8) is 0 Å². The number of rotatable bonds is 6. The summed E-state index contributed by atoms with van der Waals surface area (Å²) in [6, 6.07) is 7.42. The number of aromatic nitrogens is 1. The van der Waals surface area contributed by atoms with Crippen molar-refractivity contribution >= 4 is 23.1 Å². The number of thiophene rings is 1. The Kier molecular flexibility index (Phi) is 4.74. The van der Waals surface area contributed by atoms with E-state index < -0.39 is 5.97 Å². The van der Waals surface area contributed by atoms with Crippen LogP contribution in [0.1, 0.15) is 27.9 Å². The smallest absolute Gasteiger partial charge is 0.335 e. The first kappa shape index (κ1) is 14.5. The molecule has 0 fully saturated rings. The van der Waals surface area contributed by atoms with Crippen molar-refractivity contribution < 1.29 is 9.90 Å². The lowest BCUT2D eigenvalue weighted by Crippen LogP contribution is -2.22. The van der Waals surface area contributed by atoms with Gasteiger partial charge in [0, 0.05) is 24.2 Å². The summed E-state index contributed by atoms with van der Waals surface area (Å²) < 4.78 is 0. The van der Waals surface area contributed by atoms with Gasteiger partial charge in [-0.3, -0.25) is 0 Å². The van der Waals surface area contributed by atoms with Gasteiger partial charge < -0.3 is 10.0 Å². The van der Waals surface area contributed by atoms with E-state index in [9.17, 15) is 4.79 Å². The van der Waals surface area contributed by atoms with Gasteiger partial charge >= 0.3 is 5.97 Å². The standard InChI is InChI=1S/C15H18N2O2S/c1-3-12-9-11(15(18)19)10-14(16-12)17(2)7-6-13-5-4-8-20-13/h4-5,8-10H,3,6-7H2,1-2H3,(H,18,19). The molecule has 2 rings (SSSR count). The summed E-state index contributed by atoms with van der Waals surface area (Å²) >= 11 is 1.73. The fourth-order valence-corrected chi connectivity index (χ4v) is 2.62. The first-order valence-electron chi connectivity index (χ1n) is 6.58. The minimum absolute atomic E-state index is 0.301. The minimum atomic E-state index is -0.907. The van der Waals surface area contributed by atoms with Gasteiger partial charge in [0.15, 0.2) is 0 Å². The average molecular weight is 290 g/mol. The van der Waals surface area contributed by atoms with Crippen LogP contribution < -0.4 is 4.90 Å². The Labute approximate surface area is 122 Å². The summed E-state index contributed by atoms with van der Waals surface area (Å²) in [6.07, 6.45) is 1.67. The number of nitrogens with zero attached hydrogens (tertiary/aromatic N) is 2. The van der Waals surface area contributed by atoms with Crippen LogP contribution in [-0.4, -0.2) is 29.7 Å². The molecule has 106 valence electrons. The number of anilines is 1. The van der Waals surface area contributed by atoms with E-state index >= 15 is 0 Å². The van der Waals surface area contributed by atoms with Crippen molar-refractivity contribution in [3.8, 4) is 0 Å². The maximum absolute atomic E-state index is 11.1. The summed E-state index contributed by atoms with van der Waals surface area (Å²) in [5.41, 5.74) is 1.11. The van der Waals surface area contributed by atoms with Crippen LogP contribution in [0.15, 0.2) is 29.6 Å². The number of hydrogen-bond donors (Lipinski definition) is 1. The van der Waals surface area contributed by atoms with E-state index in [0.29, 0.717) is 5.56 Å². The van der Waals surface area contributed by atoms with Crippen LogP contribution in [0.2, 0.25) is 0 Å². The molecule has 0 bridgehead atoms. The van der Waals surface area contributed by atoms with Gasteiger partial charge in [-0.25, -0.2) is 9.78 Å². The monoisotopic (exact) mass is 290 g/mol. The van der Waals surface area contributed by atoms with E-state index in [4.69, 9.17) is 5.11 Å². The van der Waals surface area contributed by atoms with Crippen molar-refractivity contribution in [2.24, 2.45) is 0 Å². The predicted molar refractivity (Wildman–Crippen MR) is 81.9 cm³/mol. The molecule has 2 aromatic rings. The molecule has 0 spiro atoms. The van der Waals surface area contributed by atoms with Gasteiger partial charge in [-0.15, -0.1) is 11.3 Å². The number of aromatic carboxylic acids is 1. The Balaban J connectivity index is 2.13. The van der Waals surface area contributed by atoms with E-state index in [1.54, 1.807) is 23.5 Å². The van der Waals surface area contributed by atoms with Gasteiger partial charge in [0.2, 0.25) is 0 Å². The van der Waals surface area contributed by atoms with Gasteiger partial charge in [0.25, 0.3) is 0 Å².